The lowest BCUT2D eigenvalue weighted by molar-refractivity contribution is -0.123. The third kappa shape index (κ3) is 5.28. The van der Waals surface area contributed by atoms with Crippen molar-refractivity contribution in [3.05, 3.63) is 80.0 Å². The number of amides is 2. The lowest BCUT2D eigenvalue weighted by atomic mass is 9.81. The van der Waals surface area contributed by atoms with E-state index >= 15 is 4.39 Å². The molecule has 2 aromatic heterocycles. The summed E-state index contributed by atoms with van der Waals surface area (Å²) in [5, 5.41) is 15.3. The van der Waals surface area contributed by atoms with Crippen LogP contribution in [0.1, 0.15) is 47.1 Å². The molecule has 0 saturated heterocycles. The number of hydrogen-bond acceptors (Lipinski definition) is 7. The maximum absolute atomic E-state index is 15.2. The van der Waals surface area contributed by atoms with Gasteiger partial charge in [-0.15, -0.1) is 0 Å². The maximum Gasteiger partial charge on any atom is 0.251 e. The number of hydrogen-bond donors (Lipinski definition) is 3. The van der Waals surface area contributed by atoms with Crippen molar-refractivity contribution in [3.63, 3.8) is 0 Å². The third-order valence-corrected chi connectivity index (χ3v) is 9.68. The first-order valence-electron chi connectivity index (χ1n) is 14.1. The minimum Gasteiger partial charge on any atom is -0.494 e. The summed E-state index contributed by atoms with van der Waals surface area (Å²) in [6, 6.07) is 8.28. The molecular formula is C32H28BrClF2N4O5. The van der Waals surface area contributed by atoms with Crippen molar-refractivity contribution >= 4 is 50.2 Å². The zero-order valence-electron chi connectivity index (χ0n) is 24.4. The highest BCUT2D eigenvalue weighted by atomic mass is 79.9. The van der Waals surface area contributed by atoms with Crippen LogP contribution in [0, 0.1) is 24.5 Å². The molecular weight excluding hydrogens is 674 g/mol. The predicted octanol–water partition coefficient (Wildman–Crippen LogP) is 5.47. The molecule has 2 amide bonds. The fourth-order valence-electron chi connectivity index (χ4n) is 5.63. The van der Waals surface area contributed by atoms with Crippen LogP contribution < -0.4 is 20.5 Å². The Morgan fingerprint density at radius 3 is 2.60 bits per heavy atom. The zero-order chi connectivity index (χ0) is 32.4. The van der Waals surface area contributed by atoms with Crippen LogP contribution in [-0.4, -0.2) is 47.2 Å². The van der Waals surface area contributed by atoms with Gasteiger partial charge in [0.25, 0.3) is 5.91 Å². The number of nitrogens with zero attached hydrogens (tertiary/aromatic N) is 2. The molecule has 2 aromatic carbocycles. The number of nitrogens with one attached hydrogen (secondary N) is 1. The molecule has 1 aliphatic heterocycles. The summed E-state index contributed by atoms with van der Waals surface area (Å²) < 4.78 is 41.3. The average molecular weight is 702 g/mol. The monoisotopic (exact) mass is 700 g/mol. The Morgan fingerprint density at radius 1 is 1.20 bits per heavy atom. The molecule has 234 valence electrons. The van der Waals surface area contributed by atoms with E-state index in [1.54, 1.807) is 19.1 Å². The SMILES string of the molecule is COc1cc(C(=O)NC[C@](O)(c2cc3c(c(-c4cc(Cl)c(F)cc4F)n2)OC[C@]3(C)C(N)=O)C2CC2)cc2cc(Br)c(C)nc12. The van der Waals surface area contributed by atoms with E-state index in [1.807, 2.05) is 13.0 Å². The molecule has 0 spiro atoms. The van der Waals surface area contributed by atoms with Gasteiger partial charge in [0, 0.05) is 32.6 Å². The Hall–Kier alpha value is -3.87. The summed E-state index contributed by atoms with van der Waals surface area (Å²) in [5.74, 6) is -2.96. The summed E-state index contributed by atoms with van der Waals surface area (Å²) in [6.45, 7) is 3.00. The van der Waals surface area contributed by atoms with Gasteiger partial charge in [0.2, 0.25) is 5.91 Å². The molecule has 4 N–H and O–H groups in total. The van der Waals surface area contributed by atoms with E-state index in [-0.39, 0.29) is 57.9 Å². The molecule has 0 bridgehead atoms. The summed E-state index contributed by atoms with van der Waals surface area (Å²) in [6.07, 6.45) is 1.26. The van der Waals surface area contributed by atoms with E-state index in [0.29, 0.717) is 35.6 Å². The third-order valence-electron chi connectivity index (χ3n) is 8.59. The van der Waals surface area contributed by atoms with Gasteiger partial charge in [0.15, 0.2) is 0 Å². The Kier molecular flexibility index (Phi) is 7.73. The molecule has 2 aliphatic rings. The molecule has 6 rings (SSSR count). The van der Waals surface area contributed by atoms with Gasteiger partial charge in [-0.05, 0) is 78.9 Å². The predicted molar refractivity (Wildman–Crippen MR) is 166 cm³/mol. The number of rotatable bonds is 8. The first kappa shape index (κ1) is 31.1. The van der Waals surface area contributed by atoms with Gasteiger partial charge in [-0.1, -0.05) is 11.6 Å². The molecule has 45 heavy (non-hydrogen) atoms. The van der Waals surface area contributed by atoms with E-state index in [2.05, 4.69) is 31.2 Å². The van der Waals surface area contributed by atoms with Crippen molar-refractivity contribution in [3.8, 4) is 22.8 Å². The largest absolute Gasteiger partial charge is 0.494 e. The highest BCUT2D eigenvalue weighted by Crippen LogP contribution is 2.50. The van der Waals surface area contributed by atoms with Crippen molar-refractivity contribution in [2.45, 2.75) is 37.7 Å². The molecule has 1 aliphatic carbocycles. The molecule has 3 heterocycles. The minimum absolute atomic E-state index is 0.0663. The lowest BCUT2D eigenvalue weighted by Crippen LogP contribution is -2.44. The van der Waals surface area contributed by atoms with Crippen LogP contribution in [0.4, 0.5) is 8.78 Å². The topological polar surface area (TPSA) is 137 Å². The molecule has 1 saturated carbocycles. The quantitative estimate of drug-likeness (QED) is 0.207. The van der Waals surface area contributed by atoms with Gasteiger partial charge < -0.3 is 25.6 Å². The second-order valence-electron chi connectivity index (χ2n) is 11.7. The van der Waals surface area contributed by atoms with Crippen LogP contribution in [0.2, 0.25) is 5.02 Å². The maximum atomic E-state index is 15.2. The van der Waals surface area contributed by atoms with Gasteiger partial charge in [0.1, 0.15) is 52.0 Å². The number of aliphatic hydroxyl groups is 1. The molecule has 0 unspecified atom stereocenters. The smallest absolute Gasteiger partial charge is 0.251 e. The van der Waals surface area contributed by atoms with Crippen molar-refractivity contribution in [2.24, 2.45) is 11.7 Å². The van der Waals surface area contributed by atoms with Crippen LogP contribution >= 0.6 is 27.5 Å². The number of benzene rings is 2. The standard InChI is InChI=1S/C32H28BrClF2N4O5/c1-14-20(33)7-15-6-16(8-24(44-3)26(15)39-14)29(41)38-12-32(43,17-4-5-17)25-10-19-28(45-13-31(19,2)30(37)42)27(40-25)18-9-21(34)23(36)11-22(18)35/h6-11,17,43H,4-5,12-13H2,1-3H3,(H2,37,42)(H,38,41)/t31-,32+/m0/s1. The molecule has 9 nitrogen and oxygen atoms in total. The number of pyridine rings is 2. The number of halogens is 4. The Balaban J connectivity index is 1.42. The minimum atomic E-state index is -1.73. The first-order valence-corrected chi connectivity index (χ1v) is 15.2. The number of carbonyl (C=O) groups is 2. The van der Waals surface area contributed by atoms with Crippen molar-refractivity contribution < 1.29 is 33.0 Å². The van der Waals surface area contributed by atoms with Gasteiger partial charge in [0.05, 0.1) is 30.1 Å². The Labute approximate surface area is 270 Å². The van der Waals surface area contributed by atoms with E-state index in [4.69, 9.17) is 26.8 Å². The molecule has 0 radical (unpaired) electrons. The average Bonchev–Trinajstić information content (AvgIpc) is 3.81. The van der Waals surface area contributed by atoms with Gasteiger partial charge >= 0.3 is 0 Å². The number of nitrogens with two attached hydrogens (primary N) is 1. The molecule has 13 heteroatoms. The van der Waals surface area contributed by atoms with E-state index in [1.165, 1.54) is 13.2 Å². The molecule has 4 aromatic rings. The summed E-state index contributed by atoms with van der Waals surface area (Å²) in [5.41, 5.74) is 4.40. The fourth-order valence-corrected chi connectivity index (χ4v) is 6.12. The van der Waals surface area contributed by atoms with Crippen LogP contribution in [0.3, 0.4) is 0 Å². The number of aryl methyl sites for hydroxylation is 1. The number of methoxy groups -OCH3 is 1. The van der Waals surface area contributed by atoms with E-state index in [9.17, 15) is 19.1 Å². The van der Waals surface area contributed by atoms with Crippen molar-refractivity contribution in [1.29, 1.82) is 0 Å². The zero-order valence-corrected chi connectivity index (χ0v) is 26.8. The van der Waals surface area contributed by atoms with Gasteiger partial charge in [-0.2, -0.15) is 0 Å². The Bertz CT molecular complexity index is 1920. The number of primary amides is 1. The number of aromatic nitrogens is 2. The summed E-state index contributed by atoms with van der Waals surface area (Å²) >= 11 is 9.48. The number of carbonyl (C=O) groups excluding carboxylic acids is 2. The summed E-state index contributed by atoms with van der Waals surface area (Å²) in [4.78, 5) is 35.3. The summed E-state index contributed by atoms with van der Waals surface area (Å²) in [7, 11) is 1.49. The highest BCUT2D eigenvalue weighted by Gasteiger charge is 2.50. The van der Waals surface area contributed by atoms with Gasteiger partial charge in [-0.25, -0.2) is 18.7 Å². The van der Waals surface area contributed by atoms with Crippen molar-refractivity contribution in [2.75, 3.05) is 20.3 Å². The van der Waals surface area contributed by atoms with Gasteiger partial charge in [-0.3, -0.25) is 9.59 Å². The second kappa shape index (κ2) is 11.2. The van der Waals surface area contributed by atoms with Crippen molar-refractivity contribution in [1.82, 2.24) is 15.3 Å². The number of fused-ring (bicyclic) bond motifs is 2. The molecule has 2 atom stereocenters. The van der Waals surface area contributed by atoms with E-state index < -0.39 is 34.5 Å². The fraction of sp³-hybridized carbons (Fsp3) is 0.312. The number of ether oxygens (including phenoxy) is 2. The van der Waals surface area contributed by atoms with Crippen LogP contribution in [0.25, 0.3) is 22.2 Å². The molecule has 1 fully saturated rings. The van der Waals surface area contributed by atoms with Crippen LogP contribution in [-0.2, 0) is 15.8 Å². The highest BCUT2D eigenvalue weighted by molar-refractivity contribution is 9.10. The Morgan fingerprint density at radius 2 is 1.93 bits per heavy atom. The first-order chi connectivity index (χ1) is 21.3. The normalized spacial score (nSPS) is 18.7. The van der Waals surface area contributed by atoms with E-state index in [0.717, 1.165) is 16.2 Å². The van der Waals surface area contributed by atoms with Crippen LogP contribution in [0.5, 0.6) is 11.5 Å². The van der Waals surface area contributed by atoms with Crippen LogP contribution in [0.15, 0.2) is 40.9 Å². The second-order valence-corrected chi connectivity index (χ2v) is 12.9. The lowest BCUT2D eigenvalue weighted by Gasteiger charge is -2.30.